The third kappa shape index (κ3) is 7.42. The number of rotatable bonds is 10. The Morgan fingerprint density at radius 2 is 1.90 bits per heavy atom. The fourth-order valence-electron chi connectivity index (χ4n) is 3.00. The summed E-state index contributed by atoms with van der Waals surface area (Å²) in [6, 6.07) is 10.3. The van der Waals surface area contributed by atoms with Crippen LogP contribution in [0.15, 0.2) is 41.5 Å². The van der Waals surface area contributed by atoms with E-state index in [1.165, 1.54) is 5.69 Å². The summed E-state index contributed by atoms with van der Waals surface area (Å²) >= 11 is 0. The van der Waals surface area contributed by atoms with Crippen LogP contribution in [0, 0.1) is 0 Å². The third-order valence-electron chi connectivity index (χ3n) is 4.80. The number of benzene rings is 1. The first-order chi connectivity index (χ1) is 14.4. The number of nitrogens with one attached hydrogen (secondary N) is 2. The molecule has 30 heavy (non-hydrogen) atoms. The molecule has 0 fully saturated rings. The number of guanidine groups is 1. The van der Waals surface area contributed by atoms with Gasteiger partial charge in [0.25, 0.3) is 0 Å². The molecule has 0 atom stereocenters. The van der Waals surface area contributed by atoms with Gasteiger partial charge in [-0.3, -0.25) is 9.48 Å². The van der Waals surface area contributed by atoms with Gasteiger partial charge in [0.05, 0.1) is 18.8 Å². The molecule has 1 aromatic heterocycles. The van der Waals surface area contributed by atoms with Gasteiger partial charge in [-0.05, 0) is 25.0 Å². The highest BCUT2D eigenvalue weighted by Crippen LogP contribution is 2.11. The Hall–Kier alpha value is -3.03. The van der Waals surface area contributed by atoms with Crippen LogP contribution in [0.3, 0.4) is 0 Å². The number of aliphatic imine (C=N–C) groups is 1. The molecule has 0 aliphatic rings. The summed E-state index contributed by atoms with van der Waals surface area (Å²) in [4.78, 5) is 20.4. The molecule has 0 aliphatic carbocycles. The van der Waals surface area contributed by atoms with E-state index in [1.807, 2.05) is 36.1 Å². The van der Waals surface area contributed by atoms with Gasteiger partial charge < -0.3 is 20.4 Å². The quantitative estimate of drug-likeness (QED) is 0.352. The van der Waals surface area contributed by atoms with Crippen molar-refractivity contribution in [1.82, 2.24) is 25.3 Å². The average Bonchev–Trinajstić information content (AvgIpc) is 3.12. The number of aromatic nitrogens is 2. The van der Waals surface area contributed by atoms with E-state index in [0.29, 0.717) is 12.5 Å². The number of aryl methyl sites for hydroxylation is 2. The van der Waals surface area contributed by atoms with Crippen molar-refractivity contribution in [2.24, 2.45) is 12.0 Å². The lowest BCUT2D eigenvalue weighted by atomic mass is 10.2. The Morgan fingerprint density at radius 3 is 2.57 bits per heavy atom. The summed E-state index contributed by atoms with van der Waals surface area (Å²) in [5, 5.41) is 11.0. The van der Waals surface area contributed by atoms with Crippen LogP contribution in [0.25, 0.3) is 0 Å². The maximum atomic E-state index is 12.0. The number of para-hydroxylation sites is 1. The lowest BCUT2D eigenvalue weighted by Gasteiger charge is -2.20. The van der Waals surface area contributed by atoms with E-state index in [0.717, 1.165) is 37.2 Å². The molecule has 2 aromatic rings. The van der Waals surface area contributed by atoms with Crippen LogP contribution in [0.4, 0.5) is 5.69 Å². The highest BCUT2D eigenvalue weighted by atomic mass is 16.2. The summed E-state index contributed by atoms with van der Waals surface area (Å²) in [5.74, 6) is 0.641. The fourth-order valence-corrected chi connectivity index (χ4v) is 3.00. The van der Waals surface area contributed by atoms with Gasteiger partial charge in [0, 0.05) is 58.7 Å². The van der Waals surface area contributed by atoms with E-state index in [2.05, 4.69) is 51.7 Å². The lowest BCUT2D eigenvalue weighted by molar-refractivity contribution is -0.127. The van der Waals surface area contributed by atoms with Gasteiger partial charge in [-0.15, -0.1) is 0 Å². The molecule has 2 N–H and O–H groups in total. The monoisotopic (exact) mass is 413 g/mol. The van der Waals surface area contributed by atoms with Crippen LogP contribution in [-0.2, 0) is 24.8 Å². The van der Waals surface area contributed by atoms with Crippen molar-refractivity contribution < 1.29 is 4.79 Å². The molecule has 0 radical (unpaired) electrons. The van der Waals surface area contributed by atoms with Crippen molar-refractivity contribution in [3.63, 3.8) is 0 Å². The van der Waals surface area contributed by atoms with E-state index >= 15 is 0 Å². The molecule has 164 valence electrons. The normalized spacial score (nSPS) is 11.3. The Balaban J connectivity index is 1.92. The van der Waals surface area contributed by atoms with Gasteiger partial charge in [-0.1, -0.05) is 25.1 Å². The van der Waals surface area contributed by atoms with Gasteiger partial charge >= 0.3 is 0 Å². The fraction of sp³-hybridized carbons (Fsp3) is 0.500. The number of anilines is 1. The predicted molar refractivity (Wildman–Crippen MR) is 123 cm³/mol. The van der Waals surface area contributed by atoms with Crippen molar-refractivity contribution in [3.05, 3.63) is 47.8 Å². The second kappa shape index (κ2) is 11.8. The first-order valence-corrected chi connectivity index (χ1v) is 10.4. The third-order valence-corrected chi connectivity index (χ3v) is 4.80. The van der Waals surface area contributed by atoms with Crippen LogP contribution in [-0.4, -0.2) is 67.3 Å². The number of carbonyl (C=O) groups excluding carboxylic acids is 1. The largest absolute Gasteiger partial charge is 0.375 e. The highest BCUT2D eigenvalue weighted by molar-refractivity contribution is 5.86. The van der Waals surface area contributed by atoms with Crippen molar-refractivity contribution in [3.8, 4) is 0 Å². The molecular formula is C22H35N7O. The lowest BCUT2D eigenvalue weighted by Crippen LogP contribution is -2.43. The SMILES string of the molecule is CCc1nn(C)cc1CN=C(NCCCN(C)c1ccccc1)NCC(=O)N(C)C. The number of amides is 1. The van der Waals surface area contributed by atoms with Crippen molar-refractivity contribution in [1.29, 1.82) is 0 Å². The number of carbonyl (C=O) groups is 1. The predicted octanol–water partition coefficient (Wildman–Crippen LogP) is 1.63. The topological polar surface area (TPSA) is 77.8 Å². The van der Waals surface area contributed by atoms with Crippen molar-refractivity contribution >= 4 is 17.6 Å². The Bertz CT molecular complexity index is 814. The first kappa shape index (κ1) is 23.3. The number of hydrogen-bond acceptors (Lipinski definition) is 4. The summed E-state index contributed by atoms with van der Waals surface area (Å²) in [6.45, 7) is 4.49. The summed E-state index contributed by atoms with van der Waals surface area (Å²) in [5.41, 5.74) is 3.35. The second-order valence-electron chi connectivity index (χ2n) is 7.47. The van der Waals surface area contributed by atoms with Crippen LogP contribution >= 0.6 is 0 Å². The minimum atomic E-state index is 0.00364. The molecule has 1 aromatic carbocycles. The van der Waals surface area contributed by atoms with Crippen LogP contribution < -0.4 is 15.5 Å². The van der Waals surface area contributed by atoms with Crippen LogP contribution in [0.5, 0.6) is 0 Å². The van der Waals surface area contributed by atoms with Crippen LogP contribution in [0.2, 0.25) is 0 Å². The van der Waals surface area contributed by atoms with Gasteiger partial charge in [0.1, 0.15) is 0 Å². The highest BCUT2D eigenvalue weighted by Gasteiger charge is 2.08. The number of nitrogens with zero attached hydrogens (tertiary/aromatic N) is 5. The Morgan fingerprint density at radius 1 is 1.17 bits per heavy atom. The van der Waals surface area contributed by atoms with Gasteiger partial charge in [-0.25, -0.2) is 4.99 Å². The van der Waals surface area contributed by atoms with E-state index in [9.17, 15) is 4.79 Å². The molecule has 1 amide bonds. The molecule has 0 aliphatic heterocycles. The smallest absolute Gasteiger partial charge is 0.241 e. The van der Waals surface area contributed by atoms with Crippen molar-refractivity contribution in [2.45, 2.75) is 26.3 Å². The van der Waals surface area contributed by atoms with E-state index in [-0.39, 0.29) is 12.5 Å². The second-order valence-corrected chi connectivity index (χ2v) is 7.47. The number of likely N-dealkylation sites (N-methyl/N-ethyl adjacent to an activating group) is 1. The molecule has 0 saturated carbocycles. The summed E-state index contributed by atoms with van der Waals surface area (Å²) in [6.07, 6.45) is 3.81. The molecule has 1 heterocycles. The average molecular weight is 414 g/mol. The van der Waals surface area contributed by atoms with E-state index in [4.69, 9.17) is 0 Å². The minimum absolute atomic E-state index is 0.00364. The molecular weight excluding hydrogens is 378 g/mol. The Kier molecular flexibility index (Phi) is 9.18. The summed E-state index contributed by atoms with van der Waals surface area (Å²) < 4.78 is 1.82. The molecule has 8 nitrogen and oxygen atoms in total. The van der Waals surface area contributed by atoms with Gasteiger partial charge in [0.2, 0.25) is 5.91 Å². The summed E-state index contributed by atoms with van der Waals surface area (Å²) in [7, 11) is 7.50. The van der Waals surface area contributed by atoms with Gasteiger partial charge in [0.15, 0.2) is 5.96 Å². The molecule has 0 unspecified atom stereocenters. The zero-order valence-corrected chi connectivity index (χ0v) is 18.9. The van der Waals surface area contributed by atoms with Crippen molar-refractivity contribution in [2.75, 3.05) is 45.7 Å². The molecule has 2 rings (SSSR count). The maximum Gasteiger partial charge on any atom is 0.241 e. The first-order valence-electron chi connectivity index (χ1n) is 10.4. The van der Waals surface area contributed by atoms with E-state index < -0.39 is 0 Å². The molecule has 0 saturated heterocycles. The standard InChI is InChI=1S/C22H35N7O/c1-6-20-18(17-29(5)26-20)15-24-22(25-16-21(30)27(2)3)23-13-10-14-28(4)19-11-8-7-9-12-19/h7-9,11-12,17H,6,10,13-16H2,1-5H3,(H2,23,24,25). The molecule has 0 bridgehead atoms. The van der Waals surface area contributed by atoms with Crippen LogP contribution in [0.1, 0.15) is 24.6 Å². The zero-order valence-electron chi connectivity index (χ0n) is 18.9. The minimum Gasteiger partial charge on any atom is -0.375 e. The number of hydrogen-bond donors (Lipinski definition) is 2. The zero-order chi connectivity index (χ0) is 21.9. The maximum absolute atomic E-state index is 12.0. The van der Waals surface area contributed by atoms with Gasteiger partial charge in [-0.2, -0.15) is 5.10 Å². The molecule has 8 heteroatoms. The Labute approximate surface area is 180 Å². The van der Waals surface area contributed by atoms with E-state index in [1.54, 1.807) is 19.0 Å². The molecule has 0 spiro atoms.